The summed E-state index contributed by atoms with van der Waals surface area (Å²) in [7, 11) is 0. The van der Waals surface area contributed by atoms with Gasteiger partial charge in [0.2, 0.25) is 0 Å². The van der Waals surface area contributed by atoms with Crippen molar-refractivity contribution in [1.82, 2.24) is 5.32 Å². The van der Waals surface area contributed by atoms with Crippen LogP contribution in [0.1, 0.15) is 13.3 Å². The average molecular weight is 299 g/mol. The Bertz CT molecular complexity index is 478. The maximum absolute atomic E-state index is 12.2. The lowest BCUT2D eigenvalue weighted by atomic mass is 10.2. The molecule has 19 heavy (non-hydrogen) atoms. The van der Waals surface area contributed by atoms with Gasteiger partial charge in [-0.05, 0) is 42.2 Å². The van der Waals surface area contributed by atoms with Crippen LogP contribution in [-0.2, 0) is 4.79 Å². The molecule has 102 valence electrons. The van der Waals surface area contributed by atoms with Crippen LogP contribution in [0.5, 0.6) is 0 Å². The Morgan fingerprint density at radius 1 is 1.32 bits per heavy atom. The minimum absolute atomic E-state index is 0.191. The lowest BCUT2D eigenvalue weighted by Crippen LogP contribution is -2.31. The molecule has 0 unspecified atom stereocenters. The summed E-state index contributed by atoms with van der Waals surface area (Å²) >= 11 is 7.56. The molecule has 4 nitrogen and oxygen atoms in total. The fourth-order valence-corrected chi connectivity index (χ4v) is 2.72. The maximum Gasteiger partial charge on any atom is 0.329 e. The predicted octanol–water partition coefficient (Wildman–Crippen LogP) is 2.91. The number of nitrogens with one attached hydrogen (secondary N) is 1. The third-order valence-corrected chi connectivity index (χ3v) is 4.04. The van der Waals surface area contributed by atoms with Crippen LogP contribution in [0.25, 0.3) is 0 Å². The van der Waals surface area contributed by atoms with E-state index in [0.717, 1.165) is 11.5 Å². The molecule has 0 spiro atoms. The van der Waals surface area contributed by atoms with E-state index >= 15 is 0 Å². The predicted molar refractivity (Wildman–Crippen MR) is 78.9 cm³/mol. The second-order valence-corrected chi connectivity index (χ2v) is 5.97. The van der Waals surface area contributed by atoms with Gasteiger partial charge in [0.05, 0.1) is 5.69 Å². The van der Waals surface area contributed by atoms with Crippen LogP contribution >= 0.6 is 23.4 Å². The van der Waals surface area contributed by atoms with Crippen LogP contribution in [0.15, 0.2) is 24.3 Å². The molecule has 1 aliphatic heterocycles. The van der Waals surface area contributed by atoms with E-state index in [0.29, 0.717) is 17.1 Å². The van der Waals surface area contributed by atoms with Crippen LogP contribution in [0, 0.1) is 0 Å². The highest BCUT2D eigenvalue weighted by Gasteiger charge is 2.38. The summed E-state index contributed by atoms with van der Waals surface area (Å²) in [6.45, 7) is 2.07. The van der Waals surface area contributed by atoms with E-state index in [-0.39, 0.29) is 11.9 Å². The molecule has 6 heteroatoms. The summed E-state index contributed by atoms with van der Waals surface area (Å²) in [4.78, 5) is 25.2. The second-order valence-electron chi connectivity index (χ2n) is 4.14. The number of urea groups is 1. The highest BCUT2D eigenvalue weighted by atomic mass is 35.5. The van der Waals surface area contributed by atoms with Crippen molar-refractivity contribution in [2.24, 2.45) is 0 Å². The van der Waals surface area contributed by atoms with Crippen molar-refractivity contribution in [2.45, 2.75) is 19.4 Å². The lowest BCUT2D eigenvalue weighted by molar-refractivity contribution is -0.118. The van der Waals surface area contributed by atoms with Gasteiger partial charge < -0.3 is 5.32 Å². The van der Waals surface area contributed by atoms with E-state index in [1.807, 2.05) is 0 Å². The van der Waals surface area contributed by atoms with Crippen LogP contribution < -0.4 is 10.2 Å². The molecule has 1 N–H and O–H groups in total. The second kappa shape index (κ2) is 6.30. The molecular weight excluding hydrogens is 284 g/mol. The van der Waals surface area contributed by atoms with Crippen molar-refractivity contribution >= 4 is 41.0 Å². The van der Waals surface area contributed by atoms with Crippen LogP contribution in [-0.4, -0.2) is 29.5 Å². The van der Waals surface area contributed by atoms with Crippen molar-refractivity contribution in [3.8, 4) is 0 Å². The molecule has 1 saturated heterocycles. The van der Waals surface area contributed by atoms with Crippen molar-refractivity contribution in [3.05, 3.63) is 29.3 Å². The molecular formula is C13H15ClN2O2S. The number of carbonyl (C=O) groups excluding carboxylic acids is 2. The molecule has 1 aromatic rings. The van der Waals surface area contributed by atoms with Gasteiger partial charge in [-0.3, -0.25) is 4.79 Å². The molecule has 1 heterocycles. The molecule has 0 bridgehead atoms. The van der Waals surface area contributed by atoms with Crippen molar-refractivity contribution < 1.29 is 9.59 Å². The Hall–Kier alpha value is -1.20. The summed E-state index contributed by atoms with van der Waals surface area (Å²) in [6, 6.07) is 5.89. The van der Waals surface area contributed by atoms with E-state index in [1.54, 1.807) is 36.0 Å². The highest BCUT2D eigenvalue weighted by Crippen LogP contribution is 2.23. The summed E-state index contributed by atoms with van der Waals surface area (Å²) in [6.07, 6.45) is 0.660. The fraction of sp³-hybridized carbons (Fsp3) is 0.385. The van der Waals surface area contributed by atoms with Gasteiger partial charge in [0.25, 0.3) is 5.91 Å². The Kier molecular flexibility index (Phi) is 4.71. The number of benzene rings is 1. The molecule has 1 atom stereocenters. The fourth-order valence-electron chi connectivity index (χ4n) is 1.91. The zero-order valence-electron chi connectivity index (χ0n) is 10.6. The van der Waals surface area contributed by atoms with Crippen LogP contribution in [0.3, 0.4) is 0 Å². The number of carbonyl (C=O) groups is 2. The molecule has 0 aliphatic carbocycles. The van der Waals surface area contributed by atoms with Gasteiger partial charge in [-0.1, -0.05) is 18.5 Å². The number of nitrogens with zero attached hydrogens (tertiary/aromatic N) is 1. The maximum atomic E-state index is 12.2. The first-order chi connectivity index (χ1) is 9.13. The van der Waals surface area contributed by atoms with Gasteiger partial charge in [0.1, 0.15) is 6.04 Å². The Morgan fingerprint density at radius 3 is 2.63 bits per heavy atom. The van der Waals surface area contributed by atoms with Gasteiger partial charge in [-0.15, -0.1) is 0 Å². The average Bonchev–Trinajstić information content (AvgIpc) is 2.67. The number of hydrogen-bond donors (Lipinski definition) is 1. The first-order valence-corrected chi connectivity index (χ1v) is 7.64. The molecule has 3 amide bonds. The molecule has 1 fully saturated rings. The van der Waals surface area contributed by atoms with Crippen molar-refractivity contribution in [3.63, 3.8) is 0 Å². The van der Waals surface area contributed by atoms with E-state index in [4.69, 9.17) is 11.6 Å². The topological polar surface area (TPSA) is 49.4 Å². The molecule has 1 aliphatic rings. The van der Waals surface area contributed by atoms with Gasteiger partial charge in [0.15, 0.2) is 0 Å². The number of anilines is 1. The third kappa shape index (κ3) is 3.22. The molecule has 1 aromatic carbocycles. The Morgan fingerprint density at radius 2 is 2.00 bits per heavy atom. The summed E-state index contributed by atoms with van der Waals surface area (Å²) in [5.41, 5.74) is 0.553. The molecule has 0 aromatic heterocycles. The van der Waals surface area contributed by atoms with Crippen LogP contribution in [0.2, 0.25) is 5.02 Å². The molecule has 2 rings (SSSR count). The Balaban J connectivity index is 2.08. The monoisotopic (exact) mass is 298 g/mol. The largest absolute Gasteiger partial charge is 0.329 e. The minimum Gasteiger partial charge on any atom is -0.325 e. The van der Waals surface area contributed by atoms with Gasteiger partial charge in [0, 0.05) is 5.02 Å². The number of halogens is 1. The van der Waals surface area contributed by atoms with E-state index in [1.165, 1.54) is 4.90 Å². The standard InChI is InChI=1S/C13H15ClN2O2S/c1-2-19-8-7-11-12(17)16(13(18)15-11)10-5-3-9(14)4-6-10/h3-6,11H,2,7-8H2,1H3,(H,15,18)/t11-/m0/s1. The van der Waals surface area contributed by atoms with Gasteiger partial charge in [-0.25, -0.2) is 9.69 Å². The summed E-state index contributed by atoms with van der Waals surface area (Å²) in [5.74, 6) is 1.68. The zero-order chi connectivity index (χ0) is 13.8. The number of hydrogen-bond acceptors (Lipinski definition) is 3. The smallest absolute Gasteiger partial charge is 0.325 e. The van der Waals surface area contributed by atoms with Gasteiger partial charge >= 0.3 is 6.03 Å². The number of amides is 3. The lowest BCUT2D eigenvalue weighted by Gasteiger charge is -2.12. The zero-order valence-corrected chi connectivity index (χ0v) is 12.1. The van der Waals surface area contributed by atoms with Crippen molar-refractivity contribution in [1.29, 1.82) is 0 Å². The quantitative estimate of drug-likeness (QED) is 0.672. The van der Waals surface area contributed by atoms with E-state index in [2.05, 4.69) is 12.2 Å². The third-order valence-electron chi connectivity index (χ3n) is 2.86. The minimum atomic E-state index is -0.415. The van der Waals surface area contributed by atoms with Crippen molar-refractivity contribution in [2.75, 3.05) is 16.4 Å². The Labute approximate surface area is 121 Å². The summed E-state index contributed by atoms with van der Waals surface area (Å²) in [5, 5.41) is 3.29. The van der Waals surface area contributed by atoms with E-state index < -0.39 is 6.04 Å². The van der Waals surface area contributed by atoms with E-state index in [9.17, 15) is 9.59 Å². The first kappa shape index (κ1) is 14.2. The number of thioether (sulfide) groups is 1. The highest BCUT2D eigenvalue weighted by molar-refractivity contribution is 7.99. The summed E-state index contributed by atoms with van der Waals surface area (Å²) < 4.78 is 0. The van der Waals surface area contributed by atoms with Crippen LogP contribution in [0.4, 0.5) is 10.5 Å². The SMILES string of the molecule is CCSCC[C@@H]1NC(=O)N(c2ccc(Cl)cc2)C1=O. The first-order valence-electron chi connectivity index (χ1n) is 6.11. The normalized spacial score (nSPS) is 18.8. The van der Waals surface area contributed by atoms with Gasteiger partial charge in [-0.2, -0.15) is 11.8 Å². The molecule has 0 radical (unpaired) electrons. The molecule has 0 saturated carbocycles. The number of rotatable bonds is 5. The number of imide groups is 1.